The Morgan fingerprint density at radius 3 is 2.24 bits per heavy atom. The molecule has 1 aliphatic carbocycles. The van der Waals surface area contributed by atoms with Gasteiger partial charge in [0, 0.05) is 36.6 Å². The Kier molecular flexibility index (Phi) is 9.78. The highest BCUT2D eigenvalue weighted by Crippen LogP contribution is 2.31. The average molecular weight is 517 g/mol. The van der Waals surface area contributed by atoms with E-state index in [1.807, 2.05) is 31.3 Å². The molecular formula is C29H35F3N2O3. The number of carbonyl (C=O) groups excluding carboxylic acids is 2. The zero-order valence-corrected chi connectivity index (χ0v) is 21.7. The van der Waals surface area contributed by atoms with E-state index in [2.05, 4.69) is 14.6 Å². The third-order valence-electron chi connectivity index (χ3n) is 6.54. The van der Waals surface area contributed by atoms with Gasteiger partial charge in [-0.05, 0) is 62.4 Å². The van der Waals surface area contributed by atoms with E-state index in [1.54, 1.807) is 6.92 Å². The lowest BCUT2D eigenvalue weighted by Crippen LogP contribution is -2.36. The van der Waals surface area contributed by atoms with E-state index in [1.165, 1.54) is 25.5 Å². The summed E-state index contributed by atoms with van der Waals surface area (Å²) in [6.45, 7) is 6.42. The quantitative estimate of drug-likeness (QED) is 0.363. The van der Waals surface area contributed by atoms with Gasteiger partial charge in [-0.2, -0.15) is 13.2 Å². The van der Waals surface area contributed by atoms with Crippen molar-refractivity contribution in [3.05, 3.63) is 70.9 Å². The van der Waals surface area contributed by atoms with Crippen molar-refractivity contribution in [2.75, 3.05) is 6.61 Å². The molecule has 0 bridgehead atoms. The molecule has 1 N–H and O–H groups in total. The summed E-state index contributed by atoms with van der Waals surface area (Å²) in [6.07, 6.45) is 3.54. The number of ether oxygens (including phenoxy) is 1. The number of carbonyl (C=O) groups is 2. The summed E-state index contributed by atoms with van der Waals surface area (Å²) in [6, 6.07) is 11.4. The number of fused-ring (bicyclic) bond motifs is 1. The fourth-order valence-corrected chi connectivity index (χ4v) is 4.75. The van der Waals surface area contributed by atoms with Crippen LogP contribution < -0.4 is 5.32 Å². The van der Waals surface area contributed by atoms with E-state index in [0.29, 0.717) is 18.6 Å². The normalized spacial score (nSPS) is 14.1. The Bertz CT molecular complexity index is 1190. The number of amides is 1. The number of halogens is 3. The molecule has 0 unspecified atom stereocenters. The second-order valence-electron chi connectivity index (χ2n) is 9.24. The number of benzene rings is 2. The highest BCUT2D eigenvalue weighted by molar-refractivity contribution is 6.08. The van der Waals surface area contributed by atoms with Gasteiger partial charge in [0.1, 0.15) is 0 Å². The molecule has 4 rings (SSSR count). The Morgan fingerprint density at radius 1 is 1.03 bits per heavy atom. The minimum absolute atomic E-state index is 0.0658. The van der Waals surface area contributed by atoms with E-state index in [9.17, 15) is 22.8 Å². The van der Waals surface area contributed by atoms with Crippen molar-refractivity contribution in [2.45, 2.75) is 78.1 Å². The van der Waals surface area contributed by atoms with Gasteiger partial charge in [0.2, 0.25) is 0 Å². The number of aromatic nitrogens is 1. The van der Waals surface area contributed by atoms with E-state index < -0.39 is 11.7 Å². The number of alkyl halides is 3. The first kappa shape index (κ1) is 28.3. The smallest absolute Gasteiger partial charge is 0.416 e. The highest BCUT2D eigenvalue weighted by atomic mass is 19.4. The maximum atomic E-state index is 13.2. The topological polar surface area (TPSA) is 60.3 Å². The molecule has 37 heavy (non-hydrogen) atoms. The fourth-order valence-electron chi connectivity index (χ4n) is 4.75. The summed E-state index contributed by atoms with van der Waals surface area (Å²) in [5, 5.41) is 4.09. The third kappa shape index (κ3) is 7.60. The minimum atomic E-state index is -4.35. The SMILES string of the molecule is CCOC(C)=O.CCn1cc(C(=O)NC2CCCCC2)c2c(Cc3ccc(C(F)(F)F)cc3)cccc21. The van der Waals surface area contributed by atoms with Gasteiger partial charge < -0.3 is 14.6 Å². The average Bonchev–Trinajstić information content (AvgIpc) is 3.25. The van der Waals surface area contributed by atoms with Gasteiger partial charge in [0.15, 0.2) is 0 Å². The molecular weight excluding hydrogens is 481 g/mol. The van der Waals surface area contributed by atoms with Crippen molar-refractivity contribution in [1.82, 2.24) is 9.88 Å². The van der Waals surface area contributed by atoms with Crippen LogP contribution in [0.4, 0.5) is 13.2 Å². The molecule has 8 heteroatoms. The van der Waals surface area contributed by atoms with Gasteiger partial charge in [0.05, 0.1) is 17.7 Å². The Hall–Kier alpha value is -3.29. The van der Waals surface area contributed by atoms with Crippen LogP contribution in [-0.2, 0) is 28.7 Å². The molecule has 0 saturated heterocycles. The van der Waals surface area contributed by atoms with E-state index in [0.717, 1.165) is 66.4 Å². The fraction of sp³-hybridized carbons (Fsp3) is 0.448. The highest BCUT2D eigenvalue weighted by Gasteiger charge is 2.30. The summed E-state index contributed by atoms with van der Waals surface area (Å²) in [4.78, 5) is 23.0. The Labute approximate surface area is 216 Å². The first-order valence-electron chi connectivity index (χ1n) is 12.8. The van der Waals surface area contributed by atoms with Gasteiger partial charge in [0.25, 0.3) is 5.91 Å². The molecule has 1 heterocycles. The van der Waals surface area contributed by atoms with Crippen molar-refractivity contribution in [3.8, 4) is 0 Å². The van der Waals surface area contributed by atoms with Gasteiger partial charge in [-0.25, -0.2) is 0 Å². The summed E-state index contributed by atoms with van der Waals surface area (Å²) in [5.41, 5.74) is 2.69. The predicted molar refractivity (Wildman–Crippen MR) is 139 cm³/mol. The van der Waals surface area contributed by atoms with E-state index in [-0.39, 0.29) is 17.9 Å². The van der Waals surface area contributed by atoms with Crippen LogP contribution in [-0.4, -0.2) is 29.1 Å². The zero-order valence-electron chi connectivity index (χ0n) is 21.7. The summed E-state index contributed by atoms with van der Waals surface area (Å²) in [7, 11) is 0. The molecule has 1 aliphatic rings. The first-order chi connectivity index (χ1) is 17.6. The summed E-state index contributed by atoms with van der Waals surface area (Å²) < 4.78 is 45.1. The largest absolute Gasteiger partial charge is 0.466 e. The molecule has 0 radical (unpaired) electrons. The molecule has 1 fully saturated rings. The second kappa shape index (κ2) is 12.8. The van der Waals surface area contributed by atoms with E-state index in [4.69, 9.17) is 0 Å². The lowest BCUT2D eigenvalue weighted by Gasteiger charge is -2.22. The molecule has 5 nitrogen and oxygen atoms in total. The van der Waals surface area contributed by atoms with Crippen molar-refractivity contribution >= 4 is 22.8 Å². The van der Waals surface area contributed by atoms with Gasteiger partial charge in [-0.1, -0.05) is 43.5 Å². The Morgan fingerprint density at radius 2 is 1.70 bits per heavy atom. The minimum Gasteiger partial charge on any atom is -0.466 e. The summed E-state index contributed by atoms with van der Waals surface area (Å²) >= 11 is 0. The van der Waals surface area contributed by atoms with Crippen molar-refractivity contribution in [3.63, 3.8) is 0 Å². The van der Waals surface area contributed by atoms with Crippen LogP contribution in [0.2, 0.25) is 0 Å². The number of hydrogen-bond acceptors (Lipinski definition) is 3. The van der Waals surface area contributed by atoms with Crippen LogP contribution in [0.25, 0.3) is 10.9 Å². The predicted octanol–water partition coefficient (Wildman–Crippen LogP) is 6.90. The van der Waals surface area contributed by atoms with Crippen LogP contribution >= 0.6 is 0 Å². The number of nitrogens with zero attached hydrogens (tertiary/aromatic N) is 1. The van der Waals surface area contributed by atoms with Gasteiger partial charge in [-0.15, -0.1) is 0 Å². The van der Waals surface area contributed by atoms with Crippen molar-refractivity contribution in [2.24, 2.45) is 0 Å². The molecule has 2 aromatic carbocycles. The van der Waals surface area contributed by atoms with Crippen LogP contribution in [0.1, 0.15) is 79.9 Å². The number of hydrogen-bond donors (Lipinski definition) is 1. The first-order valence-corrected chi connectivity index (χ1v) is 12.8. The van der Waals surface area contributed by atoms with E-state index >= 15 is 0 Å². The number of nitrogens with one attached hydrogen (secondary N) is 1. The summed E-state index contributed by atoms with van der Waals surface area (Å²) in [5.74, 6) is -0.276. The zero-order chi connectivity index (χ0) is 27.0. The lowest BCUT2D eigenvalue weighted by atomic mass is 9.95. The molecule has 1 amide bonds. The van der Waals surface area contributed by atoms with Gasteiger partial charge >= 0.3 is 12.1 Å². The van der Waals surface area contributed by atoms with Crippen molar-refractivity contribution < 1.29 is 27.5 Å². The standard InChI is InChI=1S/C25H27F3N2O.C4H8O2/c1-2-30-16-21(24(31)29-20-8-4-3-5-9-20)23-18(7-6-10-22(23)30)15-17-11-13-19(14-12-17)25(26,27)28;1-3-6-4(2)5/h6-7,10-14,16,20H,2-5,8-9,15H2,1H3,(H,29,31);3H2,1-2H3. The number of rotatable bonds is 6. The van der Waals surface area contributed by atoms with Crippen molar-refractivity contribution in [1.29, 1.82) is 0 Å². The van der Waals surface area contributed by atoms with Crippen LogP contribution in [0.3, 0.4) is 0 Å². The molecule has 0 aliphatic heterocycles. The number of aryl methyl sites for hydroxylation is 1. The second-order valence-corrected chi connectivity index (χ2v) is 9.24. The van der Waals surface area contributed by atoms with Crippen LogP contribution in [0, 0.1) is 0 Å². The van der Waals surface area contributed by atoms with Crippen LogP contribution in [0.5, 0.6) is 0 Å². The molecule has 1 saturated carbocycles. The maximum Gasteiger partial charge on any atom is 0.416 e. The lowest BCUT2D eigenvalue weighted by molar-refractivity contribution is -0.140. The third-order valence-corrected chi connectivity index (χ3v) is 6.54. The molecule has 0 spiro atoms. The molecule has 0 atom stereocenters. The molecule has 3 aromatic rings. The van der Waals surface area contributed by atoms with Crippen LogP contribution in [0.15, 0.2) is 48.7 Å². The maximum absolute atomic E-state index is 13.2. The molecule has 200 valence electrons. The van der Waals surface area contributed by atoms with Gasteiger partial charge in [-0.3, -0.25) is 9.59 Å². The molecule has 1 aromatic heterocycles. The number of esters is 1. The monoisotopic (exact) mass is 516 g/mol. The Balaban J connectivity index is 0.000000568.